The number of halogens is 3. The first kappa shape index (κ1) is 14.6. The molecule has 0 aliphatic heterocycles. The molecule has 2 atom stereocenters. The van der Waals surface area contributed by atoms with Crippen molar-refractivity contribution in [2.75, 3.05) is 13.1 Å². The van der Waals surface area contributed by atoms with Gasteiger partial charge in [-0.1, -0.05) is 6.42 Å². The van der Waals surface area contributed by atoms with E-state index in [1.165, 1.54) is 0 Å². The monoisotopic (exact) mass is 278 g/mol. The van der Waals surface area contributed by atoms with Crippen molar-refractivity contribution in [3.63, 3.8) is 0 Å². The number of carbonyl (C=O) groups excluding carboxylic acids is 1. The number of alkyl halides is 3. The lowest BCUT2D eigenvalue weighted by molar-refractivity contribution is -0.187. The highest BCUT2D eigenvalue weighted by atomic mass is 19.4. The SMILES string of the molecule is NCCN(C(=O)C1CCCC(C(F)(F)F)C1)C1CC1. The third-order valence-electron chi connectivity index (χ3n) is 4.13. The Morgan fingerprint density at radius 1 is 1.21 bits per heavy atom. The summed E-state index contributed by atoms with van der Waals surface area (Å²) in [6.07, 6.45) is -1.07. The molecule has 0 aromatic carbocycles. The molecule has 1 amide bonds. The van der Waals surface area contributed by atoms with Gasteiger partial charge in [0, 0.05) is 25.0 Å². The quantitative estimate of drug-likeness (QED) is 0.857. The fraction of sp³-hybridized carbons (Fsp3) is 0.923. The zero-order valence-electron chi connectivity index (χ0n) is 11.0. The molecule has 2 N–H and O–H groups in total. The van der Waals surface area contributed by atoms with Crippen molar-refractivity contribution in [2.24, 2.45) is 17.6 Å². The van der Waals surface area contributed by atoms with E-state index in [9.17, 15) is 18.0 Å². The number of hydrogen-bond acceptors (Lipinski definition) is 2. The maximum atomic E-state index is 12.8. The molecule has 2 fully saturated rings. The summed E-state index contributed by atoms with van der Waals surface area (Å²) in [5.41, 5.74) is 5.48. The molecule has 0 radical (unpaired) electrons. The molecule has 2 aliphatic carbocycles. The summed E-state index contributed by atoms with van der Waals surface area (Å²) < 4.78 is 38.3. The first-order valence-corrected chi connectivity index (χ1v) is 7.00. The lowest BCUT2D eigenvalue weighted by Gasteiger charge is -2.33. The van der Waals surface area contributed by atoms with E-state index in [4.69, 9.17) is 5.73 Å². The molecule has 0 heterocycles. The summed E-state index contributed by atoms with van der Waals surface area (Å²) in [5, 5.41) is 0. The van der Waals surface area contributed by atoms with E-state index in [2.05, 4.69) is 0 Å². The van der Waals surface area contributed by atoms with Crippen LogP contribution in [0.4, 0.5) is 13.2 Å². The molecular formula is C13H21F3N2O. The average Bonchev–Trinajstić information content (AvgIpc) is 3.18. The van der Waals surface area contributed by atoms with Crippen LogP contribution in [0.15, 0.2) is 0 Å². The highest BCUT2D eigenvalue weighted by Gasteiger charge is 2.45. The molecule has 6 heteroatoms. The summed E-state index contributed by atoms with van der Waals surface area (Å²) >= 11 is 0. The van der Waals surface area contributed by atoms with E-state index in [-0.39, 0.29) is 24.8 Å². The molecule has 0 bridgehead atoms. The van der Waals surface area contributed by atoms with Crippen LogP contribution in [0.2, 0.25) is 0 Å². The molecule has 3 nitrogen and oxygen atoms in total. The van der Waals surface area contributed by atoms with Gasteiger partial charge in [-0.2, -0.15) is 13.2 Å². The Balaban J connectivity index is 1.97. The summed E-state index contributed by atoms with van der Waals surface area (Å²) in [5.74, 6) is -1.89. The van der Waals surface area contributed by atoms with Gasteiger partial charge in [-0.25, -0.2) is 0 Å². The first-order chi connectivity index (χ1) is 8.93. The zero-order chi connectivity index (χ0) is 14.0. The summed E-state index contributed by atoms with van der Waals surface area (Å²) in [6, 6.07) is 0.224. The largest absolute Gasteiger partial charge is 0.391 e. The Labute approximate surface area is 111 Å². The van der Waals surface area contributed by atoms with Crippen molar-refractivity contribution < 1.29 is 18.0 Å². The van der Waals surface area contributed by atoms with Crippen molar-refractivity contribution in [3.05, 3.63) is 0 Å². The summed E-state index contributed by atoms with van der Waals surface area (Å²) in [7, 11) is 0. The molecule has 110 valence electrons. The smallest absolute Gasteiger partial charge is 0.338 e. The molecule has 0 spiro atoms. The van der Waals surface area contributed by atoms with E-state index in [0.29, 0.717) is 25.9 Å². The predicted molar refractivity (Wildman–Crippen MR) is 65.3 cm³/mol. The van der Waals surface area contributed by atoms with Crippen LogP contribution >= 0.6 is 0 Å². The minimum Gasteiger partial charge on any atom is -0.338 e. The van der Waals surface area contributed by atoms with E-state index in [1.807, 2.05) is 0 Å². The van der Waals surface area contributed by atoms with Crippen LogP contribution in [0.3, 0.4) is 0 Å². The Hall–Kier alpha value is -0.780. The van der Waals surface area contributed by atoms with Gasteiger partial charge in [0.2, 0.25) is 5.91 Å². The Morgan fingerprint density at radius 3 is 2.42 bits per heavy atom. The van der Waals surface area contributed by atoms with Crippen LogP contribution in [0, 0.1) is 11.8 Å². The van der Waals surface area contributed by atoms with E-state index in [1.54, 1.807) is 4.90 Å². The number of nitrogens with two attached hydrogens (primary N) is 1. The second-order valence-electron chi connectivity index (χ2n) is 5.65. The average molecular weight is 278 g/mol. The van der Waals surface area contributed by atoms with E-state index in [0.717, 1.165) is 12.8 Å². The summed E-state index contributed by atoms with van der Waals surface area (Å²) in [6.45, 7) is 0.842. The van der Waals surface area contributed by atoms with Crippen molar-refractivity contribution in [3.8, 4) is 0 Å². The van der Waals surface area contributed by atoms with Gasteiger partial charge in [0.05, 0.1) is 5.92 Å². The Morgan fingerprint density at radius 2 is 1.89 bits per heavy atom. The van der Waals surface area contributed by atoms with Crippen molar-refractivity contribution in [2.45, 2.75) is 50.7 Å². The van der Waals surface area contributed by atoms with Gasteiger partial charge >= 0.3 is 6.18 Å². The molecular weight excluding hydrogens is 257 g/mol. The van der Waals surface area contributed by atoms with Crippen LogP contribution in [0.5, 0.6) is 0 Å². The fourth-order valence-electron chi connectivity index (χ4n) is 2.94. The minimum atomic E-state index is -4.17. The third kappa shape index (κ3) is 3.61. The second-order valence-corrected chi connectivity index (χ2v) is 5.65. The molecule has 0 aromatic rings. The lowest BCUT2D eigenvalue weighted by atomic mass is 9.80. The molecule has 19 heavy (non-hydrogen) atoms. The fourth-order valence-corrected chi connectivity index (χ4v) is 2.94. The maximum absolute atomic E-state index is 12.8. The number of carbonyl (C=O) groups is 1. The van der Waals surface area contributed by atoms with Crippen molar-refractivity contribution >= 4 is 5.91 Å². The predicted octanol–water partition coefficient (Wildman–Crippen LogP) is 2.30. The lowest BCUT2D eigenvalue weighted by Crippen LogP contribution is -2.43. The van der Waals surface area contributed by atoms with E-state index >= 15 is 0 Å². The third-order valence-corrected chi connectivity index (χ3v) is 4.13. The molecule has 2 unspecified atom stereocenters. The van der Waals surface area contributed by atoms with Crippen LogP contribution in [-0.4, -0.2) is 36.1 Å². The van der Waals surface area contributed by atoms with Crippen LogP contribution in [0.25, 0.3) is 0 Å². The Kier molecular flexibility index (Phi) is 4.38. The van der Waals surface area contributed by atoms with Crippen LogP contribution in [0.1, 0.15) is 38.5 Å². The van der Waals surface area contributed by atoms with Gasteiger partial charge in [0.1, 0.15) is 0 Å². The van der Waals surface area contributed by atoms with Gasteiger partial charge in [0.25, 0.3) is 0 Å². The second kappa shape index (κ2) is 5.69. The van der Waals surface area contributed by atoms with Gasteiger partial charge < -0.3 is 10.6 Å². The topological polar surface area (TPSA) is 46.3 Å². The van der Waals surface area contributed by atoms with E-state index < -0.39 is 18.0 Å². The normalized spacial score (nSPS) is 28.2. The molecule has 2 rings (SSSR count). The molecule has 2 aliphatic rings. The number of nitrogens with zero attached hydrogens (tertiary/aromatic N) is 1. The van der Waals surface area contributed by atoms with Gasteiger partial charge in [-0.15, -0.1) is 0 Å². The number of hydrogen-bond donors (Lipinski definition) is 1. The van der Waals surface area contributed by atoms with Gasteiger partial charge in [-0.3, -0.25) is 4.79 Å². The molecule has 0 aromatic heterocycles. The maximum Gasteiger partial charge on any atom is 0.391 e. The highest BCUT2D eigenvalue weighted by Crippen LogP contribution is 2.41. The first-order valence-electron chi connectivity index (χ1n) is 7.00. The minimum absolute atomic E-state index is 0.0455. The van der Waals surface area contributed by atoms with Crippen molar-refractivity contribution in [1.29, 1.82) is 0 Å². The van der Waals surface area contributed by atoms with Gasteiger partial charge in [0.15, 0.2) is 0 Å². The van der Waals surface area contributed by atoms with Crippen LogP contribution in [-0.2, 0) is 4.79 Å². The molecule has 0 saturated heterocycles. The highest BCUT2D eigenvalue weighted by molar-refractivity contribution is 5.79. The van der Waals surface area contributed by atoms with Gasteiger partial charge in [-0.05, 0) is 32.1 Å². The Bertz CT molecular complexity index is 328. The zero-order valence-corrected chi connectivity index (χ0v) is 11.0. The number of rotatable bonds is 4. The molecule has 2 saturated carbocycles. The van der Waals surface area contributed by atoms with Crippen LogP contribution < -0.4 is 5.73 Å². The standard InChI is InChI=1S/C13H21F3N2O/c14-13(15,16)10-3-1-2-9(8-10)12(19)18(7-6-17)11-4-5-11/h9-11H,1-8,17H2. The summed E-state index contributed by atoms with van der Waals surface area (Å²) in [4.78, 5) is 14.1. The number of amides is 1. The van der Waals surface area contributed by atoms with Crippen molar-refractivity contribution in [1.82, 2.24) is 4.90 Å².